The molecule has 1 heterocycles. The van der Waals surface area contributed by atoms with Gasteiger partial charge in [0.2, 0.25) is 0 Å². The van der Waals surface area contributed by atoms with Crippen LogP contribution >= 0.6 is 15.9 Å². The minimum Gasteiger partial charge on any atom is -0.480 e. The molecule has 2 aromatic rings. The predicted octanol–water partition coefficient (Wildman–Crippen LogP) is 3.11. The molecule has 134 valence electrons. The summed E-state index contributed by atoms with van der Waals surface area (Å²) < 4.78 is 39.4. The van der Waals surface area contributed by atoms with Crippen molar-refractivity contribution in [1.29, 1.82) is 0 Å². The summed E-state index contributed by atoms with van der Waals surface area (Å²) in [7, 11) is 0. The highest BCUT2D eigenvalue weighted by Gasteiger charge is 2.30. The van der Waals surface area contributed by atoms with E-state index >= 15 is 0 Å². The maximum atomic E-state index is 12.4. The van der Waals surface area contributed by atoms with Crippen LogP contribution in [0.25, 0.3) is 5.69 Å². The fourth-order valence-electron chi connectivity index (χ4n) is 2.08. The number of halogens is 4. The Hall–Kier alpha value is -2.36. The lowest BCUT2D eigenvalue weighted by molar-refractivity contribution is -0.143. The molecule has 1 aromatic heterocycles. The van der Waals surface area contributed by atoms with E-state index in [4.69, 9.17) is 5.11 Å². The quantitative estimate of drug-likeness (QED) is 0.780. The van der Waals surface area contributed by atoms with Crippen LogP contribution < -0.4 is 0 Å². The number of hydrogen-bond acceptors (Lipinski definition) is 3. The van der Waals surface area contributed by atoms with Gasteiger partial charge >= 0.3 is 12.1 Å². The number of carboxylic acid groups (broad SMARTS) is 1. The van der Waals surface area contributed by atoms with Crippen LogP contribution in [0.4, 0.5) is 13.2 Å². The van der Waals surface area contributed by atoms with E-state index in [1.165, 1.54) is 23.0 Å². The molecule has 6 nitrogen and oxygen atoms in total. The van der Waals surface area contributed by atoms with E-state index in [2.05, 4.69) is 21.0 Å². The lowest BCUT2D eigenvalue weighted by Gasteiger charge is -2.21. The minimum absolute atomic E-state index is 0.0764. The molecule has 0 unspecified atom stereocenters. The first-order valence-corrected chi connectivity index (χ1v) is 7.83. The number of nitrogens with zero attached hydrogens (tertiary/aromatic N) is 3. The molecular formula is C15H13BrF3N3O3. The number of amides is 1. The zero-order valence-electron chi connectivity index (χ0n) is 12.7. The lowest BCUT2D eigenvalue weighted by Crippen LogP contribution is -2.38. The normalized spacial score (nSPS) is 11.4. The first kappa shape index (κ1) is 19.0. The molecular weight excluding hydrogens is 407 g/mol. The summed E-state index contributed by atoms with van der Waals surface area (Å²) in [6, 6.07) is 6.05. The number of carboxylic acids is 1. The highest BCUT2D eigenvalue weighted by Crippen LogP contribution is 2.21. The second-order valence-electron chi connectivity index (χ2n) is 5.14. The SMILES string of the molecule is O=C(O)CN(CCC(F)(F)F)C(=O)c1cccc(-n2cc(Br)cn2)c1. The fraction of sp³-hybridized carbons (Fsp3) is 0.267. The van der Waals surface area contributed by atoms with Gasteiger partial charge in [-0.3, -0.25) is 9.59 Å². The number of aliphatic carboxylic acids is 1. The molecule has 1 aromatic carbocycles. The summed E-state index contributed by atoms with van der Waals surface area (Å²) in [6.45, 7) is -1.54. The molecule has 0 atom stereocenters. The first-order chi connectivity index (χ1) is 11.7. The van der Waals surface area contributed by atoms with Gasteiger partial charge in [-0.05, 0) is 34.1 Å². The molecule has 1 N–H and O–H groups in total. The largest absolute Gasteiger partial charge is 0.480 e. The average Bonchev–Trinajstić information content (AvgIpc) is 2.96. The van der Waals surface area contributed by atoms with Crippen molar-refractivity contribution in [2.75, 3.05) is 13.1 Å². The molecule has 0 spiro atoms. The fourth-order valence-corrected chi connectivity index (χ4v) is 2.37. The number of alkyl halides is 3. The van der Waals surface area contributed by atoms with Crippen molar-refractivity contribution in [3.05, 3.63) is 46.7 Å². The number of aromatic nitrogens is 2. The van der Waals surface area contributed by atoms with Crippen molar-refractivity contribution in [3.63, 3.8) is 0 Å². The Morgan fingerprint density at radius 1 is 1.32 bits per heavy atom. The van der Waals surface area contributed by atoms with Gasteiger partial charge in [0, 0.05) is 18.3 Å². The van der Waals surface area contributed by atoms with Crippen molar-refractivity contribution in [1.82, 2.24) is 14.7 Å². The van der Waals surface area contributed by atoms with E-state index in [0.29, 0.717) is 15.1 Å². The van der Waals surface area contributed by atoms with Crippen LogP contribution in [0, 0.1) is 0 Å². The monoisotopic (exact) mass is 419 g/mol. The highest BCUT2D eigenvalue weighted by molar-refractivity contribution is 9.10. The van der Waals surface area contributed by atoms with E-state index in [-0.39, 0.29) is 5.56 Å². The molecule has 0 aliphatic heterocycles. The van der Waals surface area contributed by atoms with E-state index in [9.17, 15) is 22.8 Å². The van der Waals surface area contributed by atoms with Crippen LogP contribution in [0.1, 0.15) is 16.8 Å². The Balaban J connectivity index is 2.24. The minimum atomic E-state index is -4.49. The molecule has 0 aliphatic carbocycles. The number of carbonyl (C=O) groups excluding carboxylic acids is 1. The average molecular weight is 420 g/mol. The van der Waals surface area contributed by atoms with Gasteiger partial charge < -0.3 is 10.0 Å². The Morgan fingerprint density at radius 3 is 2.60 bits per heavy atom. The molecule has 25 heavy (non-hydrogen) atoms. The van der Waals surface area contributed by atoms with Crippen LogP contribution in [-0.4, -0.2) is 50.9 Å². The van der Waals surface area contributed by atoms with Crippen molar-refractivity contribution < 1.29 is 27.9 Å². The maximum absolute atomic E-state index is 12.4. The summed E-state index contributed by atoms with van der Waals surface area (Å²) >= 11 is 3.24. The van der Waals surface area contributed by atoms with Crippen LogP contribution in [-0.2, 0) is 4.79 Å². The van der Waals surface area contributed by atoms with Gasteiger partial charge in [-0.25, -0.2) is 4.68 Å². The van der Waals surface area contributed by atoms with E-state index in [1.807, 2.05) is 0 Å². The van der Waals surface area contributed by atoms with Crippen molar-refractivity contribution >= 4 is 27.8 Å². The molecule has 2 rings (SSSR count). The highest BCUT2D eigenvalue weighted by atomic mass is 79.9. The number of benzene rings is 1. The zero-order valence-corrected chi connectivity index (χ0v) is 14.3. The van der Waals surface area contributed by atoms with Gasteiger partial charge in [0.15, 0.2) is 0 Å². The van der Waals surface area contributed by atoms with Gasteiger partial charge in [0.05, 0.1) is 22.8 Å². The maximum Gasteiger partial charge on any atom is 0.390 e. The second-order valence-corrected chi connectivity index (χ2v) is 6.05. The van der Waals surface area contributed by atoms with Crippen LogP contribution in [0.2, 0.25) is 0 Å². The zero-order chi connectivity index (χ0) is 18.6. The Kier molecular flexibility index (Phi) is 5.83. The van der Waals surface area contributed by atoms with Crippen LogP contribution in [0.3, 0.4) is 0 Å². The third-order valence-corrected chi connectivity index (χ3v) is 3.60. The van der Waals surface area contributed by atoms with Crippen molar-refractivity contribution in [3.8, 4) is 5.69 Å². The van der Waals surface area contributed by atoms with Crippen LogP contribution in [0.15, 0.2) is 41.1 Å². The van der Waals surface area contributed by atoms with E-state index in [1.54, 1.807) is 18.3 Å². The van der Waals surface area contributed by atoms with Crippen molar-refractivity contribution in [2.45, 2.75) is 12.6 Å². The third-order valence-electron chi connectivity index (χ3n) is 3.19. The van der Waals surface area contributed by atoms with Crippen molar-refractivity contribution in [2.24, 2.45) is 0 Å². The molecule has 0 fully saturated rings. The molecule has 10 heteroatoms. The smallest absolute Gasteiger partial charge is 0.390 e. The number of carbonyl (C=O) groups is 2. The molecule has 0 saturated heterocycles. The topological polar surface area (TPSA) is 75.4 Å². The molecule has 0 bridgehead atoms. The molecule has 1 amide bonds. The Morgan fingerprint density at radius 2 is 2.04 bits per heavy atom. The third kappa shape index (κ3) is 5.59. The molecule has 0 saturated carbocycles. The molecule has 0 aliphatic rings. The summed E-state index contributed by atoms with van der Waals surface area (Å²) in [6.07, 6.45) is -2.59. The van der Waals surface area contributed by atoms with Gasteiger partial charge in [0.1, 0.15) is 6.54 Å². The lowest BCUT2D eigenvalue weighted by atomic mass is 10.1. The summed E-state index contributed by atoms with van der Waals surface area (Å²) in [5.74, 6) is -2.18. The van der Waals surface area contributed by atoms with E-state index in [0.717, 1.165) is 0 Å². The second kappa shape index (κ2) is 7.68. The van der Waals surface area contributed by atoms with Crippen LogP contribution in [0.5, 0.6) is 0 Å². The van der Waals surface area contributed by atoms with Gasteiger partial charge in [-0.1, -0.05) is 6.07 Å². The van der Waals surface area contributed by atoms with E-state index < -0.39 is 37.6 Å². The molecule has 0 radical (unpaired) electrons. The summed E-state index contributed by atoms with van der Waals surface area (Å²) in [5.41, 5.74) is 0.593. The first-order valence-electron chi connectivity index (χ1n) is 7.04. The standard InChI is InChI=1S/C15H13BrF3N3O3/c16-11-7-20-22(8-11)12-3-1-2-10(6-12)14(25)21(9-13(23)24)5-4-15(17,18)19/h1-3,6-8H,4-5,9H2,(H,23,24). The predicted molar refractivity (Wildman–Crippen MR) is 85.5 cm³/mol. The Bertz CT molecular complexity index is 777. The number of rotatable bonds is 6. The van der Waals surface area contributed by atoms with Gasteiger partial charge in [-0.2, -0.15) is 18.3 Å². The van der Waals surface area contributed by atoms with Gasteiger partial charge in [0.25, 0.3) is 5.91 Å². The van der Waals surface area contributed by atoms with Gasteiger partial charge in [-0.15, -0.1) is 0 Å². The summed E-state index contributed by atoms with van der Waals surface area (Å²) in [4.78, 5) is 24.0. The summed E-state index contributed by atoms with van der Waals surface area (Å²) in [5, 5.41) is 12.9. The Labute approximate surface area is 149 Å². The number of hydrogen-bond donors (Lipinski definition) is 1.